The Morgan fingerprint density at radius 2 is 2.08 bits per heavy atom. The van der Waals surface area contributed by atoms with E-state index >= 15 is 0 Å². The first-order chi connectivity index (χ1) is 12.1. The standard InChI is InChI=1S/C18H21N5OS/c1-4-17(24)21-13-6-7-15-14(10-13)22-16(23(15)5-2)11-25-18-19-9-8-12(3)20-18/h6-10H,4-5,11H2,1-3H3,(H,21,24). The summed E-state index contributed by atoms with van der Waals surface area (Å²) >= 11 is 1.58. The van der Waals surface area contributed by atoms with Gasteiger partial charge in [-0.05, 0) is 38.1 Å². The fourth-order valence-corrected chi connectivity index (χ4v) is 3.42. The van der Waals surface area contributed by atoms with Crippen LogP contribution in [0.3, 0.4) is 0 Å². The molecule has 0 aliphatic heterocycles. The lowest BCUT2D eigenvalue weighted by molar-refractivity contribution is -0.115. The Hall–Kier alpha value is -2.41. The first-order valence-electron chi connectivity index (χ1n) is 8.32. The van der Waals surface area contributed by atoms with E-state index in [1.807, 2.05) is 38.1 Å². The second-order valence-electron chi connectivity index (χ2n) is 5.65. The number of carbonyl (C=O) groups excluding carboxylic acids is 1. The molecule has 1 amide bonds. The minimum absolute atomic E-state index is 0.00153. The quantitative estimate of drug-likeness (QED) is 0.538. The Morgan fingerprint density at radius 1 is 1.24 bits per heavy atom. The van der Waals surface area contributed by atoms with E-state index in [9.17, 15) is 4.79 Å². The first kappa shape index (κ1) is 17.4. The number of aryl methyl sites for hydroxylation is 2. The number of anilines is 1. The highest BCUT2D eigenvalue weighted by molar-refractivity contribution is 7.98. The maximum atomic E-state index is 11.6. The zero-order valence-electron chi connectivity index (χ0n) is 14.6. The molecule has 130 valence electrons. The number of nitrogens with one attached hydrogen (secondary N) is 1. The molecule has 1 aromatic carbocycles. The first-order valence-corrected chi connectivity index (χ1v) is 9.30. The molecule has 25 heavy (non-hydrogen) atoms. The number of hydrogen-bond acceptors (Lipinski definition) is 5. The second kappa shape index (κ2) is 7.65. The van der Waals surface area contributed by atoms with E-state index < -0.39 is 0 Å². The van der Waals surface area contributed by atoms with Crippen LogP contribution in [0, 0.1) is 6.92 Å². The van der Waals surface area contributed by atoms with E-state index in [0.717, 1.165) is 39.9 Å². The lowest BCUT2D eigenvalue weighted by Crippen LogP contribution is -2.09. The zero-order valence-corrected chi connectivity index (χ0v) is 15.4. The van der Waals surface area contributed by atoms with Gasteiger partial charge in [-0.2, -0.15) is 0 Å². The highest BCUT2D eigenvalue weighted by atomic mass is 32.2. The van der Waals surface area contributed by atoms with Gasteiger partial charge < -0.3 is 9.88 Å². The van der Waals surface area contributed by atoms with Crippen LogP contribution < -0.4 is 5.32 Å². The van der Waals surface area contributed by atoms with E-state index in [-0.39, 0.29) is 5.91 Å². The molecule has 0 radical (unpaired) electrons. The number of thioether (sulfide) groups is 1. The van der Waals surface area contributed by atoms with Crippen molar-refractivity contribution in [2.75, 3.05) is 5.32 Å². The molecule has 6 nitrogen and oxygen atoms in total. The predicted molar refractivity (Wildman–Crippen MR) is 101 cm³/mol. The maximum absolute atomic E-state index is 11.6. The number of imidazole rings is 1. The van der Waals surface area contributed by atoms with Crippen LogP contribution in [0.25, 0.3) is 11.0 Å². The number of carbonyl (C=O) groups is 1. The molecule has 0 saturated carbocycles. The lowest BCUT2D eigenvalue weighted by atomic mass is 10.2. The summed E-state index contributed by atoms with van der Waals surface area (Å²) in [5, 5.41) is 3.64. The molecule has 2 aromatic heterocycles. The average molecular weight is 355 g/mol. The number of nitrogens with zero attached hydrogens (tertiary/aromatic N) is 4. The topological polar surface area (TPSA) is 72.7 Å². The van der Waals surface area contributed by atoms with Gasteiger partial charge in [0.1, 0.15) is 5.82 Å². The molecule has 0 unspecified atom stereocenters. The summed E-state index contributed by atoms with van der Waals surface area (Å²) < 4.78 is 2.18. The van der Waals surface area contributed by atoms with Crippen LogP contribution in [-0.2, 0) is 17.1 Å². The molecule has 2 heterocycles. The molecule has 0 fully saturated rings. The summed E-state index contributed by atoms with van der Waals surface area (Å²) in [5.41, 5.74) is 3.69. The molecule has 0 atom stereocenters. The Labute approximate surface area is 151 Å². The van der Waals surface area contributed by atoms with Gasteiger partial charge in [0.25, 0.3) is 0 Å². The molecule has 0 saturated heterocycles. The third-order valence-electron chi connectivity index (χ3n) is 3.85. The molecule has 7 heteroatoms. The van der Waals surface area contributed by atoms with E-state index in [0.29, 0.717) is 12.2 Å². The van der Waals surface area contributed by atoms with E-state index in [4.69, 9.17) is 4.98 Å². The van der Waals surface area contributed by atoms with Gasteiger partial charge in [-0.15, -0.1) is 0 Å². The maximum Gasteiger partial charge on any atom is 0.224 e. The van der Waals surface area contributed by atoms with Crippen LogP contribution in [0.1, 0.15) is 31.8 Å². The summed E-state index contributed by atoms with van der Waals surface area (Å²) in [6, 6.07) is 7.74. The number of aromatic nitrogens is 4. The van der Waals surface area contributed by atoms with Crippen LogP contribution in [0.4, 0.5) is 5.69 Å². The molecular weight excluding hydrogens is 334 g/mol. The van der Waals surface area contributed by atoms with Crippen LogP contribution in [0.2, 0.25) is 0 Å². The van der Waals surface area contributed by atoms with E-state index in [1.165, 1.54) is 0 Å². The van der Waals surface area contributed by atoms with Crippen LogP contribution in [0.15, 0.2) is 35.6 Å². The molecule has 0 aliphatic carbocycles. The monoisotopic (exact) mass is 355 g/mol. The van der Waals surface area contributed by atoms with Crippen molar-refractivity contribution < 1.29 is 4.79 Å². The SMILES string of the molecule is CCC(=O)Nc1ccc2c(c1)nc(CSc1nccc(C)n1)n2CC. The average Bonchev–Trinajstić information content (AvgIpc) is 2.96. The second-order valence-corrected chi connectivity index (χ2v) is 6.59. The van der Waals surface area contributed by atoms with Crippen molar-refractivity contribution in [3.05, 3.63) is 42.0 Å². The zero-order chi connectivity index (χ0) is 17.8. The van der Waals surface area contributed by atoms with E-state index in [1.54, 1.807) is 18.0 Å². The minimum Gasteiger partial charge on any atom is -0.328 e. The normalized spacial score (nSPS) is 11.0. The lowest BCUT2D eigenvalue weighted by Gasteiger charge is -2.06. The van der Waals surface area contributed by atoms with Crippen molar-refractivity contribution in [3.63, 3.8) is 0 Å². The van der Waals surface area contributed by atoms with Crippen LogP contribution in [0.5, 0.6) is 0 Å². The molecular formula is C18H21N5OS. The van der Waals surface area contributed by atoms with Gasteiger partial charge in [0.15, 0.2) is 5.16 Å². The summed E-state index contributed by atoms with van der Waals surface area (Å²) in [4.78, 5) is 25.0. The largest absolute Gasteiger partial charge is 0.328 e. The Kier molecular flexibility index (Phi) is 5.33. The fraction of sp³-hybridized carbons (Fsp3) is 0.333. The predicted octanol–water partition coefficient (Wildman–Crippen LogP) is 3.80. The molecule has 3 rings (SSSR count). The highest BCUT2D eigenvalue weighted by Crippen LogP contribution is 2.25. The van der Waals surface area contributed by atoms with Crippen molar-refractivity contribution in [1.82, 2.24) is 19.5 Å². The number of benzene rings is 1. The Balaban J connectivity index is 1.85. The van der Waals surface area contributed by atoms with Crippen LogP contribution >= 0.6 is 11.8 Å². The third-order valence-corrected chi connectivity index (χ3v) is 4.71. The molecule has 0 bridgehead atoms. The number of fused-ring (bicyclic) bond motifs is 1. The van der Waals surface area contributed by atoms with Crippen molar-refractivity contribution >= 4 is 34.4 Å². The number of hydrogen-bond donors (Lipinski definition) is 1. The number of rotatable bonds is 6. The van der Waals surface area contributed by atoms with Gasteiger partial charge in [-0.3, -0.25) is 4.79 Å². The van der Waals surface area contributed by atoms with Gasteiger partial charge in [0.05, 0.1) is 16.8 Å². The van der Waals surface area contributed by atoms with Gasteiger partial charge in [-0.25, -0.2) is 15.0 Å². The fourth-order valence-electron chi connectivity index (χ4n) is 2.59. The summed E-state index contributed by atoms with van der Waals surface area (Å²) in [6.45, 7) is 6.73. The van der Waals surface area contributed by atoms with Gasteiger partial charge >= 0.3 is 0 Å². The van der Waals surface area contributed by atoms with Crippen molar-refractivity contribution in [1.29, 1.82) is 0 Å². The summed E-state index contributed by atoms with van der Waals surface area (Å²) in [5.74, 6) is 1.68. The van der Waals surface area contributed by atoms with Crippen molar-refractivity contribution in [3.8, 4) is 0 Å². The van der Waals surface area contributed by atoms with E-state index in [2.05, 4.69) is 26.8 Å². The van der Waals surface area contributed by atoms with Gasteiger partial charge in [0.2, 0.25) is 5.91 Å². The smallest absolute Gasteiger partial charge is 0.224 e. The summed E-state index contributed by atoms with van der Waals surface area (Å²) in [6.07, 6.45) is 2.23. The number of amides is 1. The molecule has 1 N–H and O–H groups in total. The van der Waals surface area contributed by atoms with Gasteiger partial charge in [-0.1, -0.05) is 18.7 Å². The molecule has 0 aliphatic rings. The third kappa shape index (κ3) is 3.99. The highest BCUT2D eigenvalue weighted by Gasteiger charge is 2.12. The molecule has 0 spiro atoms. The summed E-state index contributed by atoms with van der Waals surface area (Å²) in [7, 11) is 0. The van der Waals surface area contributed by atoms with Crippen molar-refractivity contribution in [2.24, 2.45) is 0 Å². The Morgan fingerprint density at radius 3 is 2.80 bits per heavy atom. The van der Waals surface area contributed by atoms with Gasteiger partial charge in [0, 0.05) is 30.5 Å². The van der Waals surface area contributed by atoms with Crippen molar-refractivity contribution in [2.45, 2.75) is 44.6 Å². The Bertz CT molecular complexity index is 906. The minimum atomic E-state index is 0.00153. The van der Waals surface area contributed by atoms with Crippen LogP contribution in [-0.4, -0.2) is 25.4 Å². The molecule has 3 aromatic rings.